The Morgan fingerprint density at radius 1 is 1.27 bits per heavy atom. The van der Waals surface area contributed by atoms with Crippen LogP contribution in [0.25, 0.3) is 0 Å². The third-order valence-corrected chi connectivity index (χ3v) is 6.46. The molecule has 3 fully saturated rings. The Kier molecular flexibility index (Phi) is 4.02. The van der Waals surface area contributed by atoms with Gasteiger partial charge in [0.25, 0.3) is 0 Å². The van der Waals surface area contributed by atoms with Crippen molar-refractivity contribution < 1.29 is 29.0 Å². The van der Waals surface area contributed by atoms with Crippen LogP contribution in [-0.2, 0) is 20.9 Å². The number of carbonyl (C=O) groups is 2. The summed E-state index contributed by atoms with van der Waals surface area (Å²) in [5, 5.41) is 20.7. The van der Waals surface area contributed by atoms with Gasteiger partial charge in [-0.1, -0.05) is 13.8 Å². The maximum Gasteiger partial charge on any atom is 0.233 e. The second kappa shape index (κ2) is 5.90. The molecular formula is C19H25NO6. The molecule has 1 aromatic heterocycles. The molecule has 2 aliphatic heterocycles. The number of imide groups is 1. The minimum absolute atomic E-state index is 0.0978. The van der Waals surface area contributed by atoms with Gasteiger partial charge in [0, 0.05) is 18.9 Å². The molecule has 3 aliphatic rings. The molecule has 142 valence electrons. The molecule has 0 bridgehead atoms. The lowest BCUT2D eigenvalue weighted by atomic mass is 9.62. The molecule has 1 saturated carbocycles. The van der Waals surface area contributed by atoms with E-state index in [1.165, 1.54) is 11.9 Å². The lowest BCUT2D eigenvalue weighted by Gasteiger charge is -2.46. The molecule has 7 nitrogen and oxygen atoms in total. The molecule has 0 spiro atoms. The topological polar surface area (TPSA) is 100 Å². The number of amides is 2. The van der Waals surface area contributed by atoms with E-state index in [0.717, 1.165) is 0 Å². The first-order valence-electron chi connectivity index (χ1n) is 9.19. The highest BCUT2D eigenvalue weighted by atomic mass is 16.6. The van der Waals surface area contributed by atoms with E-state index in [1.54, 1.807) is 12.1 Å². The van der Waals surface area contributed by atoms with Gasteiger partial charge in [0.15, 0.2) is 5.79 Å². The van der Waals surface area contributed by atoms with Crippen molar-refractivity contribution in [3.05, 3.63) is 23.7 Å². The summed E-state index contributed by atoms with van der Waals surface area (Å²) in [5.74, 6) is -2.44. The highest BCUT2D eigenvalue weighted by molar-refractivity contribution is 6.05. The van der Waals surface area contributed by atoms with Crippen LogP contribution in [0.5, 0.6) is 0 Å². The van der Waals surface area contributed by atoms with E-state index in [1.807, 2.05) is 13.8 Å². The van der Waals surface area contributed by atoms with Crippen LogP contribution in [0.4, 0.5) is 0 Å². The van der Waals surface area contributed by atoms with Crippen molar-refractivity contribution in [1.29, 1.82) is 0 Å². The van der Waals surface area contributed by atoms with Crippen LogP contribution in [0, 0.1) is 29.6 Å². The predicted molar refractivity (Wildman–Crippen MR) is 89.2 cm³/mol. The maximum atomic E-state index is 12.7. The lowest BCUT2D eigenvalue weighted by molar-refractivity contribution is -0.277. The number of aliphatic hydroxyl groups is 2. The normalized spacial score (nSPS) is 39.6. The number of ether oxygens (including phenoxy) is 1. The van der Waals surface area contributed by atoms with Gasteiger partial charge in [-0.3, -0.25) is 14.5 Å². The zero-order valence-corrected chi connectivity index (χ0v) is 15.2. The molecule has 2 N–H and O–H groups in total. The number of hydrogen-bond acceptors (Lipinski definition) is 6. The molecule has 26 heavy (non-hydrogen) atoms. The van der Waals surface area contributed by atoms with Crippen molar-refractivity contribution in [2.24, 2.45) is 29.6 Å². The minimum atomic E-state index is -1.46. The number of furan rings is 1. The average Bonchev–Trinajstić information content (AvgIpc) is 3.26. The van der Waals surface area contributed by atoms with Gasteiger partial charge in [-0.2, -0.15) is 0 Å². The minimum Gasteiger partial charge on any atom is -0.461 e. The molecule has 3 heterocycles. The number of aliphatic hydroxyl groups excluding tert-OH is 1. The molecule has 1 aromatic rings. The second-order valence-electron chi connectivity index (χ2n) is 8.12. The summed E-state index contributed by atoms with van der Waals surface area (Å²) < 4.78 is 11.7. The standard InChI is InChI=1S/C19H25NO6/c1-9(2)12-6-11-16(18(23)20(3)17(11)22)13-7-15(26-19(12,13)24)14-5-4-10(8-21)25-14/h4-5,9,11-13,15-16,21,24H,6-8H2,1-3H3/t11-,12+,13-,15-,16-,19+/m0/s1. The van der Waals surface area contributed by atoms with Crippen LogP contribution in [0.2, 0.25) is 0 Å². The Labute approximate surface area is 151 Å². The zero-order chi connectivity index (χ0) is 18.8. The van der Waals surface area contributed by atoms with Crippen molar-refractivity contribution in [3.8, 4) is 0 Å². The second-order valence-corrected chi connectivity index (χ2v) is 8.12. The largest absolute Gasteiger partial charge is 0.461 e. The number of likely N-dealkylation sites (tertiary alicyclic amines) is 1. The summed E-state index contributed by atoms with van der Waals surface area (Å²) in [6, 6.07) is 3.40. The van der Waals surface area contributed by atoms with Crippen molar-refractivity contribution in [1.82, 2.24) is 4.90 Å². The van der Waals surface area contributed by atoms with Gasteiger partial charge in [0.1, 0.15) is 24.2 Å². The lowest BCUT2D eigenvalue weighted by Crippen LogP contribution is -2.55. The first-order valence-corrected chi connectivity index (χ1v) is 9.19. The van der Waals surface area contributed by atoms with Gasteiger partial charge in [0.05, 0.1) is 11.8 Å². The fourth-order valence-electron chi connectivity index (χ4n) is 5.15. The molecule has 0 unspecified atom stereocenters. The predicted octanol–water partition coefficient (Wildman–Crippen LogP) is 1.44. The van der Waals surface area contributed by atoms with Crippen molar-refractivity contribution in [2.45, 2.75) is 45.2 Å². The van der Waals surface area contributed by atoms with Gasteiger partial charge in [-0.15, -0.1) is 0 Å². The van der Waals surface area contributed by atoms with Crippen LogP contribution >= 0.6 is 0 Å². The molecule has 2 saturated heterocycles. The molecular weight excluding hydrogens is 338 g/mol. The Bertz CT molecular complexity index is 742. The Hall–Kier alpha value is -1.70. The average molecular weight is 363 g/mol. The van der Waals surface area contributed by atoms with E-state index >= 15 is 0 Å². The highest BCUT2D eigenvalue weighted by Crippen LogP contribution is 2.59. The van der Waals surface area contributed by atoms with E-state index in [4.69, 9.17) is 9.15 Å². The molecule has 2 amide bonds. The zero-order valence-electron chi connectivity index (χ0n) is 15.2. The van der Waals surface area contributed by atoms with Gasteiger partial charge in [-0.05, 0) is 30.9 Å². The van der Waals surface area contributed by atoms with Crippen LogP contribution in [0.1, 0.15) is 44.3 Å². The highest BCUT2D eigenvalue weighted by Gasteiger charge is 2.66. The Balaban J connectivity index is 1.72. The summed E-state index contributed by atoms with van der Waals surface area (Å²) in [5.41, 5.74) is 0. The van der Waals surface area contributed by atoms with Crippen molar-refractivity contribution >= 4 is 11.8 Å². The summed E-state index contributed by atoms with van der Waals surface area (Å²) in [6.07, 6.45) is 0.350. The molecule has 6 atom stereocenters. The fraction of sp³-hybridized carbons (Fsp3) is 0.684. The van der Waals surface area contributed by atoms with Crippen LogP contribution in [0.3, 0.4) is 0 Å². The van der Waals surface area contributed by atoms with E-state index in [0.29, 0.717) is 24.4 Å². The summed E-state index contributed by atoms with van der Waals surface area (Å²) in [7, 11) is 1.51. The molecule has 4 rings (SSSR count). The Morgan fingerprint density at radius 3 is 2.62 bits per heavy atom. The number of hydrogen-bond donors (Lipinski definition) is 2. The molecule has 0 aromatic carbocycles. The van der Waals surface area contributed by atoms with Crippen molar-refractivity contribution in [3.63, 3.8) is 0 Å². The quantitative estimate of drug-likeness (QED) is 0.789. The maximum absolute atomic E-state index is 12.7. The van der Waals surface area contributed by atoms with Crippen molar-refractivity contribution in [2.75, 3.05) is 7.05 Å². The Morgan fingerprint density at radius 2 is 2.00 bits per heavy atom. The van der Waals surface area contributed by atoms with Crippen LogP contribution in [0.15, 0.2) is 16.5 Å². The van der Waals surface area contributed by atoms with Crippen LogP contribution in [-0.4, -0.2) is 39.8 Å². The van der Waals surface area contributed by atoms with Crippen LogP contribution < -0.4 is 0 Å². The number of rotatable bonds is 3. The van der Waals surface area contributed by atoms with E-state index in [2.05, 4.69) is 0 Å². The van der Waals surface area contributed by atoms with E-state index in [9.17, 15) is 19.8 Å². The molecule has 0 radical (unpaired) electrons. The third-order valence-electron chi connectivity index (χ3n) is 6.46. The monoisotopic (exact) mass is 363 g/mol. The molecule has 7 heteroatoms. The summed E-state index contributed by atoms with van der Waals surface area (Å²) >= 11 is 0. The number of fused-ring (bicyclic) bond motifs is 3. The van der Waals surface area contributed by atoms with Gasteiger partial charge in [-0.25, -0.2) is 0 Å². The number of carbonyl (C=O) groups excluding carboxylic acids is 2. The van der Waals surface area contributed by atoms with E-state index < -0.39 is 29.6 Å². The molecule has 1 aliphatic carbocycles. The summed E-state index contributed by atoms with van der Waals surface area (Å²) in [4.78, 5) is 26.4. The van der Waals surface area contributed by atoms with Gasteiger partial charge >= 0.3 is 0 Å². The SMILES string of the molecule is CC(C)[C@H]1C[C@@H]2C(=O)N(C)C(=O)[C@@H]2[C@@H]2C[C@@H](c3ccc(CO)o3)O[C@]12O. The first kappa shape index (κ1) is 17.7. The summed E-state index contributed by atoms with van der Waals surface area (Å²) in [6.45, 7) is 3.79. The first-order chi connectivity index (χ1) is 12.3. The van der Waals surface area contributed by atoms with E-state index in [-0.39, 0.29) is 30.3 Å². The fourth-order valence-corrected chi connectivity index (χ4v) is 5.15. The van der Waals surface area contributed by atoms with Gasteiger partial charge in [0.2, 0.25) is 11.8 Å². The number of nitrogens with zero attached hydrogens (tertiary/aromatic N) is 1. The smallest absolute Gasteiger partial charge is 0.233 e. The third kappa shape index (κ3) is 2.30. The van der Waals surface area contributed by atoms with Gasteiger partial charge < -0.3 is 19.4 Å².